The van der Waals surface area contributed by atoms with Gasteiger partial charge in [-0.05, 0) is 29.8 Å². The Morgan fingerprint density at radius 3 is 2.68 bits per heavy atom. The Hall–Kier alpha value is -2.25. The summed E-state index contributed by atoms with van der Waals surface area (Å²) in [6.07, 6.45) is 0. The van der Waals surface area contributed by atoms with Gasteiger partial charge in [0.15, 0.2) is 11.5 Å². The number of nitrogens with zero attached hydrogens (tertiary/aromatic N) is 1. The molecule has 25 heavy (non-hydrogen) atoms. The van der Waals surface area contributed by atoms with E-state index in [1.165, 1.54) is 11.3 Å². The largest absolute Gasteiger partial charge is 0.481 e. The SMILES string of the molecule is O=C(O)[C@@H]1CN(C(=O)c2ccc(Cl)s2)C[C@H]1c1ccc2c(c1)OCO2. The molecular formula is C17H14ClNO5S. The molecule has 6 nitrogen and oxygen atoms in total. The lowest BCUT2D eigenvalue weighted by molar-refractivity contribution is -0.141. The average molecular weight is 380 g/mol. The van der Waals surface area contributed by atoms with E-state index in [4.69, 9.17) is 21.1 Å². The summed E-state index contributed by atoms with van der Waals surface area (Å²) >= 11 is 7.09. The van der Waals surface area contributed by atoms with Crippen molar-refractivity contribution in [2.75, 3.05) is 19.9 Å². The molecule has 1 aromatic heterocycles. The van der Waals surface area contributed by atoms with Crippen LogP contribution in [-0.2, 0) is 4.79 Å². The van der Waals surface area contributed by atoms with Crippen LogP contribution >= 0.6 is 22.9 Å². The van der Waals surface area contributed by atoms with Crippen molar-refractivity contribution in [1.29, 1.82) is 0 Å². The van der Waals surface area contributed by atoms with Crippen molar-refractivity contribution in [1.82, 2.24) is 4.90 Å². The highest BCUT2D eigenvalue weighted by molar-refractivity contribution is 7.17. The van der Waals surface area contributed by atoms with Crippen LogP contribution in [0.4, 0.5) is 0 Å². The molecule has 1 aromatic carbocycles. The summed E-state index contributed by atoms with van der Waals surface area (Å²) < 4.78 is 11.2. The fourth-order valence-electron chi connectivity index (χ4n) is 3.29. The molecule has 1 amide bonds. The normalized spacial score (nSPS) is 21.6. The lowest BCUT2D eigenvalue weighted by Gasteiger charge is -2.16. The molecule has 1 fully saturated rings. The number of halogens is 1. The number of carboxylic acids is 1. The summed E-state index contributed by atoms with van der Waals surface area (Å²) in [6.45, 7) is 0.670. The number of aliphatic carboxylic acids is 1. The zero-order valence-corrected chi connectivity index (χ0v) is 14.5. The van der Waals surface area contributed by atoms with Crippen LogP contribution in [0.3, 0.4) is 0 Å². The van der Waals surface area contributed by atoms with Gasteiger partial charge in [0.1, 0.15) is 0 Å². The van der Waals surface area contributed by atoms with Crippen LogP contribution in [0.2, 0.25) is 4.34 Å². The quantitative estimate of drug-likeness (QED) is 0.886. The number of amides is 1. The fourth-order valence-corrected chi connectivity index (χ4v) is 4.30. The van der Waals surface area contributed by atoms with Gasteiger partial charge >= 0.3 is 5.97 Å². The van der Waals surface area contributed by atoms with Gasteiger partial charge in [-0.3, -0.25) is 9.59 Å². The molecule has 0 spiro atoms. The number of thiophene rings is 1. The number of ether oxygens (including phenoxy) is 2. The Morgan fingerprint density at radius 1 is 1.16 bits per heavy atom. The molecule has 0 bridgehead atoms. The van der Waals surface area contributed by atoms with Gasteiger partial charge in [-0.2, -0.15) is 0 Å². The van der Waals surface area contributed by atoms with Gasteiger partial charge in [0.25, 0.3) is 5.91 Å². The number of benzene rings is 1. The standard InChI is InChI=1S/C17H14ClNO5S/c18-15-4-3-14(25-15)16(20)19-6-10(11(7-19)17(21)22)9-1-2-12-13(5-9)24-8-23-12/h1-5,10-11H,6-8H2,(H,21,22)/t10-,11+/m0/s1. The summed E-state index contributed by atoms with van der Waals surface area (Å²) in [6, 6.07) is 8.75. The van der Waals surface area contributed by atoms with Crippen LogP contribution in [0.25, 0.3) is 0 Å². The smallest absolute Gasteiger partial charge is 0.308 e. The van der Waals surface area contributed by atoms with Crippen LogP contribution in [0, 0.1) is 5.92 Å². The van der Waals surface area contributed by atoms with Crippen LogP contribution in [0.1, 0.15) is 21.2 Å². The number of fused-ring (bicyclic) bond motifs is 1. The van der Waals surface area contributed by atoms with Gasteiger partial charge in [-0.1, -0.05) is 17.7 Å². The highest BCUT2D eigenvalue weighted by Gasteiger charge is 2.41. The first kappa shape index (κ1) is 16.2. The maximum absolute atomic E-state index is 12.6. The number of rotatable bonds is 3. The summed E-state index contributed by atoms with van der Waals surface area (Å²) in [7, 11) is 0. The molecule has 0 aliphatic carbocycles. The second-order valence-corrected chi connectivity index (χ2v) is 7.69. The Morgan fingerprint density at radius 2 is 1.96 bits per heavy atom. The predicted octanol–water partition coefficient (Wildman–Crippen LogP) is 3.07. The van der Waals surface area contributed by atoms with E-state index in [-0.39, 0.29) is 25.2 Å². The molecule has 0 radical (unpaired) electrons. The summed E-state index contributed by atoms with van der Waals surface area (Å²) in [5.74, 6) is -0.814. The minimum absolute atomic E-state index is 0.162. The lowest BCUT2D eigenvalue weighted by atomic mass is 9.89. The Bertz CT molecular complexity index is 851. The van der Waals surface area contributed by atoms with Crippen LogP contribution in [-0.4, -0.2) is 41.8 Å². The first-order chi connectivity index (χ1) is 12.0. The third kappa shape index (κ3) is 2.94. The highest BCUT2D eigenvalue weighted by atomic mass is 35.5. The van der Waals surface area contributed by atoms with Gasteiger partial charge in [-0.15, -0.1) is 11.3 Å². The van der Waals surface area contributed by atoms with Gasteiger partial charge in [0.2, 0.25) is 6.79 Å². The second-order valence-electron chi connectivity index (χ2n) is 5.98. The minimum Gasteiger partial charge on any atom is -0.481 e. The zero-order chi connectivity index (χ0) is 17.6. The van der Waals surface area contributed by atoms with E-state index in [2.05, 4.69) is 0 Å². The molecule has 2 aliphatic heterocycles. The van der Waals surface area contributed by atoms with Gasteiger partial charge in [0, 0.05) is 19.0 Å². The maximum atomic E-state index is 12.6. The molecule has 2 aliphatic rings. The van der Waals surface area contributed by atoms with Crippen molar-refractivity contribution in [3.05, 3.63) is 45.1 Å². The molecule has 3 heterocycles. The van der Waals surface area contributed by atoms with Crippen LogP contribution in [0.5, 0.6) is 11.5 Å². The predicted molar refractivity (Wildman–Crippen MR) is 91.7 cm³/mol. The average Bonchev–Trinajstić information content (AvgIpc) is 3.32. The third-order valence-corrected chi connectivity index (χ3v) is 5.75. The van der Waals surface area contributed by atoms with Gasteiger partial charge in [0.05, 0.1) is 15.1 Å². The van der Waals surface area contributed by atoms with E-state index < -0.39 is 11.9 Å². The summed E-state index contributed by atoms with van der Waals surface area (Å²) in [5, 5.41) is 9.60. The zero-order valence-electron chi connectivity index (χ0n) is 13.0. The molecule has 1 N–H and O–H groups in total. The molecule has 2 aromatic rings. The number of carbonyl (C=O) groups is 2. The summed E-state index contributed by atoms with van der Waals surface area (Å²) in [5.41, 5.74) is 0.830. The van der Waals surface area contributed by atoms with Crippen molar-refractivity contribution in [3.8, 4) is 11.5 Å². The molecule has 130 valence electrons. The third-order valence-electron chi connectivity index (χ3n) is 4.53. The Kier molecular flexibility index (Phi) is 4.05. The van der Waals surface area contributed by atoms with E-state index >= 15 is 0 Å². The molecule has 0 saturated carbocycles. The monoisotopic (exact) mass is 379 g/mol. The van der Waals surface area contributed by atoms with Gasteiger partial charge < -0.3 is 19.5 Å². The summed E-state index contributed by atoms with van der Waals surface area (Å²) in [4.78, 5) is 26.4. The molecule has 0 unspecified atom stereocenters. The maximum Gasteiger partial charge on any atom is 0.308 e. The molecule has 4 rings (SSSR count). The molecular weight excluding hydrogens is 366 g/mol. The van der Waals surface area contributed by atoms with Crippen molar-refractivity contribution in [3.63, 3.8) is 0 Å². The lowest BCUT2D eigenvalue weighted by Crippen LogP contribution is -2.29. The fraction of sp³-hybridized carbons (Fsp3) is 0.294. The van der Waals surface area contributed by atoms with Crippen molar-refractivity contribution in [2.24, 2.45) is 5.92 Å². The molecule has 8 heteroatoms. The number of hydrogen-bond donors (Lipinski definition) is 1. The van der Waals surface area contributed by atoms with E-state index in [0.717, 1.165) is 5.56 Å². The van der Waals surface area contributed by atoms with E-state index in [1.54, 1.807) is 29.2 Å². The van der Waals surface area contributed by atoms with Crippen molar-refractivity contribution >= 4 is 34.8 Å². The number of carbonyl (C=O) groups excluding carboxylic acids is 1. The van der Waals surface area contributed by atoms with E-state index in [1.807, 2.05) is 6.07 Å². The first-order valence-electron chi connectivity index (χ1n) is 7.70. The van der Waals surface area contributed by atoms with Crippen LogP contribution < -0.4 is 9.47 Å². The Balaban J connectivity index is 1.61. The number of likely N-dealkylation sites (tertiary alicyclic amines) is 1. The van der Waals surface area contributed by atoms with Crippen LogP contribution in [0.15, 0.2) is 30.3 Å². The Labute approximate surface area is 152 Å². The number of hydrogen-bond acceptors (Lipinski definition) is 5. The highest BCUT2D eigenvalue weighted by Crippen LogP contribution is 2.40. The first-order valence-corrected chi connectivity index (χ1v) is 8.89. The van der Waals surface area contributed by atoms with Crippen molar-refractivity contribution < 1.29 is 24.2 Å². The molecule has 1 saturated heterocycles. The number of carboxylic acid groups (broad SMARTS) is 1. The van der Waals surface area contributed by atoms with Crippen molar-refractivity contribution in [2.45, 2.75) is 5.92 Å². The van der Waals surface area contributed by atoms with E-state index in [0.29, 0.717) is 27.3 Å². The van der Waals surface area contributed by atoms with Gasteiger partial charge in [-0.25, -0.2) is 0 Å². The van der Waals surface area contributed by atoms with E-state index in [9.17, 15) is 14.7 Å². The minimum atomic E-state index is -0.915. The molecule has 2 atom stereocenters. The topological polar surface area (TPSA) is 76.1 Å². The second kappa shape index (κ2) is 6.24.